The minimum Gasteiger partial charge on any atom is -0.449 e. The van der Waals surface area contributed by atoms with Crippen LogP contribution >= 0.6 is 15.9 Å². The van der Waals surface area contributed by atoms with Crippen molar-refractivity contribution in [1.82, 2.24) is 5.32 Å². The molecule has 42 heavy (non-hydrogen) atoms. The Hall–Kier alpha value is -3.28. The molecule has 2 aliphatic rings. The monoisotopic (exact) mass is 643 g/mol. The van der Waals surface area contributed by atoms with Gasteiger partial charge in [0.2, 0.25) is 0 Å². The van der Waals surface area contributed by atoms with Gasteiger partial charge in [0.15, 0.2) is 0 Å². The lowest BCUT2D eigenvalue weighted by Gasteiger charge is -2.32. The molecule has 0 aromatic heterocycles. The summed E-state index contributed by atoms with van der Waals surface area (Å²) >= 11 is 3.32. The van der Waals surface area contributed by atoms with Crippen LogP contribution in [0.15, 0.2) is 76.7 Å². The maximum atomic E-state index is 12.9. The number of amides is 1. The van der Waals surface area contributed by atoms with E-state index in [1.807, 2.05) is 64.1 Å². The Kier molecular flexibility index (Phi) is 8.22. The molecule has 5 rings (SSSR count). The number of carbonyl (C=O) groups excluding carboxylic acids is 1. The first-order chi connectivity index (χ1) is 19.7. The van der Waals surface area contributed by atoms with E-state index in [1.54, 1.807) is 6.08 Å². The maximum absolute atomic E-state index is 12.9. The normalized spacial score (nSPS) is 17.5. The van der Waals surface area contributed by atoms with E-state index in [-0.39, 0.29) is 24.8 Å². The number of alkyl carbamates (subject to hydrolysis) is 1. The predicted octanol–water partition coefficient (Wildman–Crippen LogP) is 7.90. The van der Waals surface area contributed by atoms with E-state index in [1.165, 1.54) is 18.2 Å². The van der Waals surface area contributed by atoms with Crippen LogP contribution in [0.3, 0.4) is 0 Å². The summed E-state index contributed by atoms with van der Waals surface area (Å²) in [5.41, 5.74) is 4.26. The second-order valence-electron chi connectivity index (χ2n) is 11.2. The molecule has 0 unspecified atom stereocenters. The van der Waals surface area contributed by atoms with Gasteiger partial charge in [-0.25, -0.2) is 4.79 Å². The van der Waals surface area contributed by atoms with E-state index in [4.69, 9.17) is 14.0 Å². The molecule has 1 heterocycles. The zero-order chi connectivity index (χ0) is 30.3. The Balaban J connectivity index is 1.32. The number of benzene rings is 3. The molecule has 1 saturated heterocycles. The van der Waals surface area contributed by atoms with E-state index >= 15 is 0 Å². The van der Waals surface area contributed by atoms with Crippen molar-refractivity contribution in [3.05, 3.63) is 93.4 Å². The van der Waals surface area contributed by atoms with Crippen molar-refractivity contribution in [2.45, 2.75) is 51.2 Å². The van der Waals surface area contributed by atoms with Crippen molar-refractivity contribution in [2.24, 2.45) is 0 Å². The number of hydrogen-bond donors (Lipinski definition) is 1. The third kappa shape index (κ3) is 6.38. The van der Waals surface area contributed by atoms with E-state index < -0.39 is 30.8 Å². The minimum absolute atomic E-state index is 0.0146. The zero-order valence-electron chi connectivity index (χ0n) is 23.6. The SMILES string of the molecule is CC1(C)OB(C(=Cc2ccc(OC(F)(F)F)cc2Br)CNC(=O)OCC2c3ccccc3-c3ccccc32)OC1(C)C. The van der Waals surface area contributed by atoms with Crippen molar-refractivity contribution in [3.63, 3.8) is 0 Å². The average Bonchev–Trinajstić information content (AvgIpc) is 3.34. The molecule has 0 bridgehead atoms. The molecule has 1 aliphatic carbocycles. The van der Waals surface area contributed by atoms with Gasteiger partial charge in [-0.1, -0.05) is 76.6 Å². The Morgan fingerprint density at radius 3 is 2.10 bits per heavy atom. The molecule has 1 aliphatic heterocycles. The lowest BCUT2D eigenvalue weighted by molar-refractivity contribution is -0.274. The van der Waals surface area contributed by atoms with Gasteiger partial charge in [-0.2, -0.15) is 0 Å². The molecule has 11 heteroatoms. The molecule has 1 amide bonds. The third-order valence-corrected chi connectivity index (χ3v) is 8.57. The first-order valence-corrected chi connectivity index (χ1v) is 14.2. The molecular weight excluding hydrogens is 614 g/mol. The van der Waals surface area contributed by atoms with Crippen LogP contribution < -0.4 is 10.1 Å². The number of hydrogen-bond acceptors (Lipinski definition) is 5. The topological polar surface area (TPSA) is 66.0 Å². The maximum Gasteiger partial charge on any atom is 0.573 e. The molecular formula is C31H30BBrF3NO5. The molecule has 3 aromatic carbocycles. The van der Waals surface area contributed by atoms with Crippen LogP contribution in [0.25, 0.3) is 17.2 Å². The first-order valence-electron chi connectivity index (χ1n) is 13.4. The Labute approximate surface area is 251 Å². The quantitative estimate of drug-likeness (QED) is 0.265. The van der Waals surface area contributed by atoms with Gasteiger partial charge in [0.1, 0.15) is 12.4 Å². The number of ether oxygens (including phenoxy) is 2. The van der Waals surface area contributed by atoms with E-state index in [0.29, 0.717) is 15.5 Å². The highest BCUT2D eigenvalue weighted by Crippen LogP contribution is 2.44. The Morgan fingerprint density at radius 1 is 0.976 bits per heavy atom. The molecule has 0 radical (unpaired) electrons. The average molecular weight is 644 g/mol. The van der Waals surface area contributed by atoms with Crippen LogP contribution in [0, 0.1) is 0 Å². The molecule has 0 saturated carbocycles. The number of halogens is 4. The van der Waals surface area contributed by atoms with Crippen molar-refractivity contribution in [1.29, 1.82) is 0 Å². The van der Waals surface area contributed by atoms with Gasteiger partial charge >= 0.3 is 19.6 Å². The molecule has 1 fully saturated rings. The summed E-state index contributed by atoms with van der Waals surface area (Å²) in [6.07, 6.45) is -3.72. The smallest absolute Gasteiger partial charge is 0.449 e. The fourth-order valence-corrected chi connectivity index (χ4v) is 5.51. The van der Waals surface area contributed by atoms with Crippen molar-refractivity contribution in [3.8, 4) is 16.9 Å². The highest BCUT2D eigenvalue weighted by molar-refractivity contribution is 9.10. The van der Waals surface area contributed by atoms with Gasteiger partial charge in [-0.3, -0.25) is 0 Å². The van der Waals surface area contributed by atoms with Gasteiger partial charge in [0.05, 0.1) is 11.2 Å². The highest BCUT2D eigenvalue weighted by Gasteiger charge is 2.52. The minimum atomic E-state index is -4.81. The summed E-state index contributed by atoms with van der Waals surface area (Å²) in [5, 5.41) is 2.79. The first kappa shape index (κ1) is 30.2. The molecule has 0 spiro atoms. The number of alkyl halides is 3. The fourth-order valence-electron chi connectivity index (χ4n) is 5.04. The lowest BCUT2D eigenvalue weighted by Crippen LogP contribution is -2.41. The molecule has 1 N–H and O–H groups in total. The van der Waals surface area contributed by atoms with Gasteiger partial charge in [0, 0.05) is 16.9 Å². The number of rotatable bonds is 7. The van der Waals surface area contributed by atoms with Crippen LogP contribution in [0.4, 0.5) is 18.0 Å². The van der Waals surface area contributed by atoms with Gasteiger partial charge in [-0.05, 0) is 73.1 Å². The molecule has 220 valence electrons. The van der Waals surface area contributed by atoms with Gasteiger partial charge < -0.3 is 24.1 Å². The largest absolute Gasteiger partial charge is 0.573 e. The van der Waals surface area contributed by atoms with Crippen LogP contribution in [0.2, 0.25) is 0 Å². The summed E-state index contributed by atoms with van der Waals surface area (Å²) in [6.45, 7) is 7.79. The van der Waals surface area contributed by atoms with Crippen LogP contribution in [0.5, 0.6) is 5.75 Å². The van der Waals surface area contributed by atoms with E-state index in [2.05, 4.69) is 38.1 Å². The molecule has 3 aromatic rings. The lowest BCUT2D eigenvalue weighted by atomic mass is 9.77. The standard InChI is InChI=1S/C31H30BBrF3NO5/c1-29(2)30(3,4)42-32(41-29)20(15-19-13-14-21(16-27(19)33)40-31(34,35)36)17-37-28(38)39-18-26-24-11-7-5-9-22(24)23-10-6-8-12-25(23)26/h5-16,26H,17-18H2,1-4H3,(H,37,38). The van der Waals surface area contributed by atoms with Gasteiger partial charge in [-0.15, -0.1) is 13.2 Å². The fraction of sp³-hybridized carbons (Fsp3) is 0.323. The second-order valence-corrected chi connectivity index (χ2v) is 12.1. The number of fused-ring (bicyclic) bond motifs is 3. The predicted molar refractivity (Wildman–Crippen MR) is 158 cm³/mol. The summed E-state index contributed by atoms with van der Waals surface area (Å²) in [5.74, 6) is -0.449. The van der Waals surface area contributed by atoms with Crippen molar-refractivity contribution >= 4 is 35.2 Å². The van der Waals surface area contributed by atoms with Crippen molar-refractivity contribution in [2.75, 3.05) is 13.2 Å². The third-order valence-electron chi connectivity index (χ3n) is 7.88. The highest BCUT2D eigenvalue weighted by atomic mass is 79.9. The Bertz CT molecular complexity index is 1460. The van der Waals surface area contributed by atoms with Crippen molar-refractivity contribution < 1.29 is 36.7 Å². The summed E-state index contributed by atoms with van der Waals surface area (Å²) < 4.78 is 60.5. The summed E-state index contributed by atoms with van der Waals surface area (Å²) in [7, 11) is -0.818. The number of nitrogens with one attached hydrogen (secondary N) is 1. The number of carbonyl (C=O) groups is 1. The van der Waals surface area contributed by atoms with Crippen LogP contribution in [0.1, 0.15) is 50.3 Å². The Morgan fingerprint density at radius 2 is 1.55 bits per heavy atom. The van der Waals surface area contributed by atoms with E-state index in [9.17, 15) is 18.0 Å². The van der Waals surface area contributed by atoms with Gasteiger partial charge in [0.25, 0.3) is 0 Å². The zero-order valence-corrected chi connectivity index (χ0v) is 25.1. The second kappa shape index (κ2) is 11.4. The molecule has 6 nitrogen and oxygen atoms in total. The van der Waals surface area contributed by atoms with E-state index in [0.717, 1.165) is 22.3 Å². The van der Waals surface area contributed by atoms with Crippen LogP contribution in [-0.4, -0.2) is 43.9 Å². The summed E-state index contributed by atoms with van der Waals surface area (Å²) in [4.78, 5) is 12.9. The summed E-state index contributed by atoms with van der Waals surface area (Å²) in [6, 6.07) is 20.1. The van der Waals surface area contributed by atoms with Crippen LogP contribution in [-0.2, 0) is 14.0 Å². The molecule has 0 atom stereocenters.